The third-order valence-electron chi connectivity index (χ3n) is 5.01. The minimum Gasteiger partial charge on any atom is -0.493 e. The molecule has 6 heteroatoms. The van der Waals surface area contributed by atoms with Crippen LogP contribution in [0.2, 0.25) is 0 Å². The van der Waals surface area contributed by atoms with Crippen molar-refractivity contribution in [3.8, 4) is 23.3 Å². The molecule has 0 spiro atoms. The van der Waals surface area contributed by atoms with Crippen LogP contribution >= 0.6 is 0 Å². The molecule has 0 heterocycles. The maximum absolute atomic E-state index is 12.8. The molecule has 1 N–H and O–H groups in total. The number of benzene rings is 2. The Labute approximate surface area is 197 Å². The summed E-state index contributed by atoms with van der Waals surface area (Å²) >= 11 is 0. The van der Waals surface area contributed by atoms with Crippen molar-refractivity contribution in [3.05, 3.63) is 53.6 Å². The molecule has 0 aliphatic heterocycles. The molecule has 0 unspecified atom stereocenters. The van der Waals surface area contributed by atoms with Gasteiger partial charge < -0.3 is 19.5 Å². The number of nitrogens with one attached hydrogen (secondary N) is 1. The zero-order valence-corrected chi connectivity index (χ0v) is 19.9. The number of hydrogen-bond acceptors (Lipinski definition) is 5. The van der Waals surface area contributed by atoms with Crippen molar-refractivity contribution >= 4 is 17.7 Å². The lowest BCUT2D eigenvalue weighted by Gasteiger charge is -2.12. The van der Waals surface area contributed by atoms with Gasteiger partial charge in [-0.2, -0.15) is 5.26 Å². The molecule has 0 aliphatic carbocycles. The van der Waals surface area contributed by atoms with Gasteiger partial charge in [-0.1, -0.05) is 57.7 Å². The maximum Gasteiger partial charge on any atom is 0.266 e. The van der Waals surface area contributed by atoms with Crippen molar-refractivity contribution in [1.82, 2.24) is 0 Å². The number of carbonyl (C=O) groups is 1. The Balaban J connectivity index is 2.10. The van der Waals surface area contributed by atoms with Crippen molar-refractivity contribution in [2.24, 2.45) is 0 Å². The van der Waals surface area contributed by atoms with E-state index in [1.54, 1.807) is 37.4 Å². The number of nitriles is 1. The summed E-state index contributed by atoms with van der Waals surface area (Å²) in [4.78, 5) is 12.8. The topological polar surface area (TPSA) is 80.6 Å². The SMILES string of the molecule is CCCCCCOc1ccc(/C=C(\C#N)C(=O)Nc2ccccc2OCCCC)cc1OC. The van der Waals surface area contributed by atoms with Crippen LogP contribution in [0.5, 0.6) is 17.2 Å². The van der Waals surface area contributed by atoms with E-state index in [2.05, 4.69) is 19.2 Å². The van der Waals surface area contributed by atoms with Crippen molar-refractivity contribution < 1.29 is 19.0 Å². The molecular weight excluding hydrogens is 416 g/mol. The van der Waals surface area contributed by atoms with Crippen molar-refractivity contribution in [3.63, 3.8) is 0 Å². The number of nitrogens with zero attached hydrogens (tertiary/aromatic N) is 1. The molecule has 2 aromatic carbocycles. The van der Waals surface area contributed by atoms with Crippen LogP contribution < -0.4 is 19.5 Å². The van der Waals surface area contributed by atoms with Gasteiger partial charge in [-0.15, -0.1) is 0 Å². The molecule has 0 aromatic heterocycles. The second-order valence-electron chi connectivity index (χ2n) is 7.64. The highest BCUT2D eigenvalue weighted by atomic mass is 16.5. The molecule has 1 amide bonds. The van der Waals surface area contributed by atoms with E-state index >= 15 is 0 Å². The molecule has 0 atom stereocenters. The van der Waals surface area contributed by atoms with Gasteiger partial charge in [-0.3, -0.25) is 4.79 Å². The number of para-hydroxylation sites is 2. The second-order valence-corrected chi connectivity index (χ2v) is 7.64. The lowest BCUT2D eigenvalue weighted by Crippen LogP contribution is -2.14. The molecule has 0 aliphatic rings. The predicted octanol–water partition coefficient (Wildman–Crippen LogP) is 6.38. The van der Waals surface area contributed by atoms with Crippen LogP contribution in [0.15, 0.2) is 48.0 Å². The molecule has 0 saturated heterocycles. The van der Waals surface area contributed by atoms with Crippen LogP contribution in [-0.2, 0) is 4.79 Å². The number of rotatable bonds is 14. The van der Waals surface area contributed by atoms with Gasteiger partial charge in [0.1, 0.15) is 17.4 Å². The van der Waals surface area contributed by atoms with Gasteiger partial charge in [-0.05, 0) is 48.7 Å². The Morgan fingerprint density at radius 2 is 1.67 bits per heavy atom. The number of anilines is 1. The molecule has 0 bridgehead atoms. The highest BCUT2D eigenvalue weighted by Crippen LogP contribution is 2.30. The van der Waals surface area contributed by atoms with Crippen molar-refractivity contribution in [1.29, 1.82) is 5.26 Å². The summed E-state index contributed by atoms with van der Waals surface area (Å²) in [5.41, 5.74) is 1.18. The van der Waals surface area contributed by atoms with Gasteiger partial charge in [-0.25, -0.2) is 0 Å². The van der Waals surface area contributed by atoms with E-state index < -0.39 is 5.91 Å². The fraction of sp³-hybridized carbons (Fsp3) is 0.407. The Kier molecular flexibility index (Phi) is 11.4. The molecular formula is C27H34N2O4. The zero-order valence-electron chi connectivity index (χ0n) is 19.9. The smallest absolute Gasteiger partial charge is 0.266 e. The Morgan fingerprint density at radius 1 is 0.939 bits per heavy atom. The number of unbranched alkanes of at least 4 members (excludes halogenated alkanes) is 4. The summed E-state index contributed by atoms with van der Waals surface area (Å²) in [6.45, 7) is 5.45. The monoisotopic (exact) mass is 450 g/mol. The molecule has 2 rings (SSSR count). The van der Waals surface area contributed by atoms with Gasteiger partial charge in [0, 0.05) is 0 Å². The van der Waals surface area contributed by atoms with E-state index in [4.69, 9.17) is 14.2 Å². The van der Waals surface area contributed by atoms with Gasteiger partial charge >= 0.3 is 0 Å². The number of carbonyl (C=O) groups excluding carboxylic acids is 1. The summed E-state index contributed by atoms with van der Waals surface area (Å²) in [5, 5.41) is 12.4. The zero-order chi connectivity index (χ0) is 23.9. The summed E-state index contributed by atoms with van der Waals surface area (Å²) in [6.07, 6.45) is 7.96. The maximum atomic E-state index is 12.8. The number of amides is 1. The van der Waals surface area contributed by atoms with Crippen LogP contribution in [0.25, 0.3) is 6.08 Å². The van der Waals surface area contributed by atoms with Crippen LogP contribution in [-0.4, -0.2) is 26.2 Å². The van der Waals surface area contributed by atoms with E-state index in [0.717, 1.165) is 25.7 Å². The summed E-state index contributed by atoms with van der Waals surface area (Å²) in [6, 6.07) is 14.6. The first-order valence-corrected chi connectivity index (χ1v) is 11.6. The molecule has 33 heavy (non-hydrogen) atoms. The lowest BCUT2D eigenvalue weighted by atomic mass is 10.1. The minimum absolute atomic E-state index is 0.0198. The minimum atomic E-state index is -0.501. The Morgan fingerprint density at radius 3 is 2.39 bits per heavy atom. The molecule has 0 fully saturated rings. The van der Waals surface area contributed by atoms with Crippen LogP contribution in [0, 0.1) is 11.3 Å². The van der Waals surface area contributed by atoms with Crippen LogP contribution in [0.4, 0.5) is 5.69 Å². The summed E-state index contributed by atoms with van der Waals surface area (Å²) in [5.74, 6) is 1.29. The quantitative estimate of drug-likeness (QED) is 0.205. The number of ether oxygens (including phenoxy) is 3. The van der Waals surface area contributed by atoms with Crippen LogP contribution in [0.1, 0.15) is 57.9 Å². The third kappa shape index (κ3) is 8.53. The van der Waals surface area contributed by atoms with E-state index in [-0.39, 0.29) is 5.57 Å². The first-order chi connectivity index (χ1) is 16.1. The Hall–Kier alpha value is -3.46. The Bertz CT molecular complexity index is 963. The molecule has 0 saturated carbocycles. The first-order valence-electron chi connectivity index (χ1n) is 11.6. The van der Waals surface area contributed by atoms with Crippen LogP contribution in [0.3, 0.4) is 0 Å². The van der Waals surface area contributed by atoms with E-state index in [0.29, 0.717) is 41.7 Å². The molecule has 6 nitrogen and oxygen atoms in total. The van der Waals surface area contributed by atoms with E-state index in [1.807, 2.05) is 18.2 Å². The second kappa shape index (κ2) is 14.6. The largest absolute Gasteiger partial charge is 0.493 e. The summed E-state index contributed by atoms with van der Waals surface area (Å²) < 4.78 is 17.0. The van der Waals surface area contributed by atoms with E-state index in [9.17, 15) is 10.1 Å². The molecule has 176 valence electrons. The van der Waals surface area contributed by atoms with Gasteiger partial charge in [0.05, 0.1) is 26.0 Å². The fourth-order valence-electron chi connectivity index (χ4n) is 3.13. The van der Waals surface area contributed by atoms with Crippen molar-refractivity contribution in [2.45, 2.75) is 52.4 Å². The lowest BCUT2D eigenvalue weighted by molar-refractivity contribution is -0.112. The predicted molar refractivity (Wildman–Crippen MR) is 132 cm³/mol. The average Bonchev–Trinajstić information content (AvgIpc) is 2.84. The fourth-order valence-corrected chi connectivity index (χ4v) is 3.13. The molecule has 2 aromatic rings. The number of hydrogen-bond donors (Lipinski definition) is 1. The van der Waals surface area contributed by atoms with Gasteiger partial charge in [0.25, 0.3) is 5.91 Å². The average molecular weight is 451 g/mol. The van der Waals surface area contributed by atoms with Gasteiger partial charge in [0.2, 0.25) is 0 Å². The highest BCUT2D eigenvalue weighted by Gasteiger charge is 2.13. The third-order valence-corrected chi connectivity index (χ3v) is 5.01. The summed E-state index contributed by atoms with van der Waals surface area (Å²) in [7, 11) is 1.57. The van der Waals surface area contributed by atoms with Gasteiger partial charge in [0.15, 0.2) is 11.5 Å². The first kappa shape index (κ1) is 25.8. The molecule has 0 radical (unpaired) electrons. The van der Waals surface area contributed by atoms with E-state index in [1.165, 1.54) is 18.9 Å². The standard InChI is InChI=1S/C27H34N2O4/c1-4-6-8-11-17-33-25-15-14-21(19-26(25)31-3)18-22(20-28)27(30)29-23-12-9-10-13-24(23)32-16-7-5-2/h9-10,12-15,18-19H,4-8,11,16-17H2,1-3H3,(H,29,30)/b22-18+. The number of methoxy groups -OCH3 is 1. The normalized spacial score (nSPS) is 10.9. The highest BCUT2D eigenvalue weighted by molar-refractivity contribution is 6.10. The van der Waals surface area contributed by atoms with Crippen molar-refractivity contribution in [2.75, 3.05) is 25.6 Å².